The molecule has 1 heterocycles. The van der Waals surface area contributed by atoms with E-state index in [1.165, 1.54) is 23.9 Å². The van der Waals surface area contributed by atoms with Crippen LogP contribution in [0.3, 0.4) is 0 Å². The molecule has 0 aromatic heterocycles. The summed E-state index contributed by atoms with van der Waals surface area (Å²) < 4.78 is 39.0. The number of halogens is 3. The maximum atomic E-state index is 13.0. The van der Waals surface area contributed by atoms with E-state index >= 15 is 0 Å². The largest absolute Gasteiger partial charge is 0.416 e. The average molecular weight is 377 g/mol. The first-order valence-corrected chi connectivity index (χ1v) is 8.81. The summed E-state index contributed by atoms with van der Waals surface area (Å²) in [5.74, 6) is -0.655. The first-order chi connectivity index (χ1) is 12.3. The number of hydrogen-bond donors (Lipinski definition) is 0. The van der Waals surface area contributed by atoms with Crippen molar-refractivity contribution in [2.45, 2.75) is 13.1 Å². The maximum absolute atomic E-state index is 13.0. The quantitative estimate of drug-likeness (QED) is 0.722. The molecule has 1 aliphatic heterocycles. The van der Waals surface area contributed by atoms with Gasteiger partial charge in [-0.2, -0.15) is 13.2 Å². The van der Waals surface area contributed by atoms with E-state index in [4.69, 9.17) is 0 Å². The zero-order valence-corrected chi connectivity index (χ0v) is 14.5. The van der Waals surface area contributed by atoms with Crippen LogP contribution >= 0.6 is 11.8 Å². The highest BCUT2D eigenvalue weighted by atomic mass is 32.2. The summed E-state index contributed by atoms with van der Waals surface area (Å²) in [4.78, 5) is 26.8. The van der Waals surface area contributed by atoms with Gasteiger partial charge in [0.2, 0.25) is 0 Å². The van der Waals surface area contributed by atoms with Gasteiger partial charge in [0, 0.05) is 0 Å². The fourth-order valence-corrected chi connectivity index (χ4v) is 3.56. The van der Waals surface area contributed by atoms with E-state index in [-0.39, 0.29) is 16.2 Å². The standard InChI is InChI=1S/C19H14F3NO2S/c1-2-26-16-15(12-7-4-3-5-8-12)17(24)23(18(16)25)14-10-6-9-13(11-14)19(20,21)22/h3-11H,2H2,1H3. The van der Waals surface area contributed by atoms with E-state index < -0.39 is 23.6 Å². The molecule has 134 valence electrons. The van der Waals surface area contributed by atoms with Crippen molar-refractivity contribution in [3.8, 4) is 0 Å². The number of thioether (sulfide) groups is 1. The molecule has 2 amide bonds. The van der Waals surface area contributed by atoms with Crippen molar-refractivity contribution >= 4 is 34.8 Å². The van der Waals surface area contributed by atoms with Crippen LogP contribution in [0.2, 0.25) is 0 Å². The number of imide groups is 1. The predicted molar refractivity (Wildman–Crippen MR) is 95.4 cm³/mol. The molecular weight excluding hydrogens is 363 g/mol. The number of hydrogen-bond acceptors (Lipinski definition) is 3. The zero-order chi connectivity index (χ0) is 18.9. The summed E-state index contributed by atoms with van der Waals surface area (Å²) in [6, 6.07) is 12.9. The van der Waals surface area contributed by atoms with Gasteiger partial charge in [-0.3, -0.25) is 9.59 Å². The molecule has 0 fully saturated rings. The molecule has 0 unspecified atom stereocenters. The van der Waals surface area contributed by atoms with Crippen LogP contribution in [0.15, 0.2) is 59.5 Å². The van der Waals surface area contributed by atoms with E-state index in [9.17, 15) is 22.8 Å². The Hall–Kier alpha value is -2.54. The molecule has 1 aliphatic rings. The van der Waals surface area contributed by atoms with Gasteiger partial charge in [0.25, 0.3) is 11.8 Å². The molecule has 0 atom stereocenters. The number of nitrogens with zero attached hydrogens (tertiary/aromatic N) is 1. The van der Waals surface area contributed by atoms with Crippen LogP contribution in [0, 0.1) is 0 Å². The van der Waals surface area contributed by atoms with Gasteiger partial charge >= 0.3 is 6.18 Å². The third kappa shape index (κ3) is 3.26. The fourth-order valence-electron chi connectivity index (χ4n) is 2.70. The van der Waals surface area contributed by atoms with Crippen molar-refractivity contribution in [1.82, 2.24) is 0 Å². The molecule has 7 heteroatoms. The Bertz CT molecular complexity index is 891. The Kier molecular flexibility index (Phi) is 4.91. The highest BCUT2D eigenvalue weighted by Crippen LogP contribution is 2.39. The molecular formula is C19H14F3NO2S. The van der Waals surface area contributed by atoms with Gasteiger partial charge in [-0.25, -0.2) is 4.90 Å². The molecule has 3 rings (SSSR count). The minimum atomic E-state index is -4.56. The minimum absolute atomic E-state index is 0.0880. The smallest absolute Gasteiger partial charge is 0.268 e. The SMILES string of the molecule is CCSC1=C(c2ccccc2)C(=O)N(c2cccc(C(F)(F)F)c2)C1=O. The highest BCUT2D eigenvalue weighted by molar-refractivity contribution is 8.04. The van der Waals surface area contributed by atoms with Crippen molar-refractivity contribution in [2.24, 2.45) is 0 Å². The van der Waals surface area contributed by atoms with Crippen LogP contribution in [0.4, 0.5) is 18.9 Å². The van der Waals surface area contributed by atoms with E-state index in [0.717, 1.165) is 17.0 Å². The van der Waals surface area contributed by atoms with Gasteiger partial charge < -0.3 is 0 Å². The first kappa shape index (κ1) is 18.3. The van der Waals surface area contributed by atoms with Gasteiger partial charge in [0.05, 0.1) is 21.7 Å². The number of carbonyl (C=O) groups is 2. The summed E-state index contributed by atoms with van der Waals surface area (Å²) in [5.41, 5.74) is -0.209. The van der Waals surface area contributed by atoms with Crippen LogP contribution in [-0.2, 0) is 15.8 Å². The fraction of sp³-hybridized carbons (Fsp3) is 0.158. The van der Waals surface area contributed by atoms with Gasteiger partial charge in [-0.05, 0) is 29.5 Å². The molecule has 26 heavy (non-hydrogen) atoms. The van der Waals surface area contributed by atoms with Crippen molar-refractivity contribution < 1.29 is 22.8 Å². The lowest BCUT2D eigenvalue weighted by Gasteiger charge is -2.17. The Labute approximate surface area is 152 Å². The lowest BCUT2D eigenvalue weighted by Crippen LogP contribution is -2.31. The summed E-state index contributed by atoms with van der Waals surface area (Å²) >= 11 is 1.21. The van der Waals surface area contributed by atoms with Gasteiger partial charge in [-0.15, -0.1) is 11.8 Å². The van der Waals surface area contributed by atoms with Crippen molar-refractivity contribution in [3.63, 3.8) is 0 Å². The second-order valence-corrected chi connectivity index (χ2v) is 6.77. The molecule has 0 saturated heterocycles. The maximum Gasteiger partial charge on any atom is 0.416 e. The molecule has 0 radical (unpaired) electrons. The van der Waals surface area contributed by atoms with Gasteiger partial charge in [0.1, 0.15) is 0 Å². The molecule has 0 N–H and O–H groups in total. The van der Waals surface area contributed by atoms with E-state index in [1.807, 2.05) is 6.92 Å². The molecule has 0 spiro atoms. The molecule has 2 aromatic rings. The Morgan fingerprint density at radius 3 is 2.27 bits per heavy atom. The molecule has 0 saturated carbocycles. The normalized spacial score (nSPS) is 15.2. The molecule has 0 aliphatic carbocycles. The van der Waals surface area contributed by atoms with Gasteiger partial charge in [-0.1, -0.05) is 43.3 Å². The first-order valence-electron chi connectivity index (χ1n) is 7.83. The predicted octanol–water partition coefficient (Wildman–Crippen LogP) is 4.74. The number of alkyl halides is 3. The highest BCUT2D eigenvalue weighted by Gasteiger charge is 2.41. The second kappa shape index (κ2) is 6.99. The molecule has 2 aromatic carbocycles. The second-order valence-electron chi connectivity index (χ2n) is 5.50. The number of anilines is 1. The molecule has 3 nitrogen and oxygen atoms in total. The third-order valence-corrected chi connectivity index (χ3v) is 4.78. The van der Waals surface area contributed by atoms with Crippen molar-refractivity contribution in [2.75, 3.05) is 10.7 Å². The number of amides is 2. The van der Waals surface area contributed by atoms with Crippen molar-refractivity contribution in [3.05, 3.63) is 70.6 Å². The number of rotatable bonds is 4. The van der Waals surface area contributed by atoms with Crippen molar-refractivity contribution in [1.29, 1.82) is 0 Å². The third-order valence-electron chi connectivity index (χ3n) is 3.82. The topological polar surface area (TPSA) is 37.4 Å². The van der Waals surface area contributed by atoms with Crippen LogP contribution in [0.25, 0.3) is 5.57 Å². The average Bonchev–Trinajstić information content (AvgIpc) is 2.86. The summed E-state index contributed by atoms with van der Waals surface area (Å²) in [5, 5.41) is 0. The number of carbonyl (C=O) groups excluding carboxylic acids is 2. The summed E-state index contributed by atoms with van der Waals surface area (Å²) in [7, 11) is 0. The zero-order valence-electron chi connectivity index (χ0n) is 13.7. The van der Waals surface area contributed by atoms with Crippen LogP contribution in [0.1, 0.15) is 18.1 Å². The molecule has 0 bridgehead atoms. The van der Waals surface area contributed by atoms with Gasteiger partial charge in [0.15, 0.2) is 0 Å². The lowest BCUT2D eigenvalue weighted by molar-refractivity contribution is -0.137. The Balaban J connectivity index is 2.08. The van der Waals surface area contributed by atoms with Crippen LogP contribution in [0.5, 0.6) is 0 Å². The Morgan fingerprint density at radius 2 is 1.65 bits per heavy atom. The summed E-state index contributed by atoms with van der Waals surface area (Å²) in [6.45, 7) is 1.84. The van der Waals surface area contributed by atoms with Crippen LogP contribution < -0.4 is 4.90 Å². The minimum Gasteiger partial charge on any atom is -0.268 e. The van der Waals surface area contributed by atoms with E-state index in [1.54, 1.807) is 30.3 Å². The number of benzene rings is 2. The van der Waals surface area contributed by atoms with E-state index in [0.29, 0.717) is 11.3 Å². The lowest BCUT2D eigenvalue weighted by atomic mass is 10.1. The Morgan fingerprint density at radius 1 is 0.962 bits per heavy atom. The summed E-state index contributed by atoms with van der Waals surface area (Å²) in [6.07, 6.45) is -4.56. The monoisotopic (exact) mass is 377 g/mol. The van der Waals surface area contributed by atoms with Crippen LogP contribution in [-0.4, -0.2) is 17.6 Å². The van der Waals surface area contributed by atoms with E-state index in [2.05, 4.69) is 0 Å².